The molecule has 1 amide bonds. The predicted molar refractivity (Wildman–Crippen MR) is 90.9 cm³/mol. The predicted octanol–water partition coefficient (Wildman–Crippen LogP) is 2.02. The summed E-state index contributed by atoms with van der Waals surface area (Å²) in [4.78, 5) is 18.1. The van der Waals surface area contributed by atoms with Crippen molar-refractivity contribution in [2.24, 2.45) is 0 Å². The summed E-state index contributed by atoms with van der Waals surface area (Å²) in [5.74, 6) is 0.782. The molecule has 0 saturated carbocycles. The molecule has 1 aliphatic rings. The third-order valence-electron chi connectivity index (χ3n) is 4.38. The highest BCUT2D eigenvalue weighted by atomic mass is 16.2. The Labute approximate surface area is 134 Å². The van der Waals surface area contributed by atoms with Crippen LogP contribution in [0.1, 0.15) is 30.9 Å². The lowest BCUT2D eigenvalue weighted by Crippen LogP contribution is -2.48. The van der Waals surface area contributed by atoms with E-state index in [0.29, 0.717) is 12.5 Å². The summed E-state index contributed by atoms with van der Waals surface area (Å²) in [5.41, 5.74) is 2.78. The van der Waals surface area contributed by atoms with Crippen LogP contribution in [-0.4, -0.2) is 67.4 Å². The normalized spacial score (nSPS) is 17.0. The van der Waals surface area contributed by atoms with E-state index in [0.717, 1.165) is 32.7 Å². The topological polar surface area (TPSA) is 26.8 Å². The molecular formula is C18H29N3O. The Hall–Kier alpha value is -1.39. The highest BCUT2D eigenvalue weighted by Crippen LogP contribution is 2.16. The van der Waals surface area contributed by atoms with Gasteiger partial charge in [-0.15, -0.1) is 0 Å². The summed E-state index contributed by atoms with van der Waals surface area (Å²) in [7, 11) is 3.64. The summed E-state index contributed by atoms with van der Waals surface area (Å²) in [6.45, 7) is 10.0. The second kappa shape index (κ2) is 7.75. The molecule has 0 radical (unpaired) electrons. The van der Waals surface area contributed by atoms with Gasteiger partial charge in [0.15, 0.2) is 0 Å². The second-order valence-corrected chi connectivity index (χ2v) is 6.74. The highest BCUT2D eigenvalue weighted by molar-refractivity contribution is 5.77. The Morgan fingerprint density at radius 2 is 1.59 bits per heavy atom. The summed E-state index contributed by atoms with van der Waals surface area (Å²) in [6.07, 6.45) is 0. The summed E-state index contributed by atoms with van der Waals surface area (Å²) in [6, 6.07) is 8.98. The van der Waals surface area contributed by atoms with Crippen LogP contribution in [0.3, 0.4) is 0 Å². The van der Waals surface area contributed by atoms with E-state index in [1.165, 1.54) is 11.1 Å². The molecule has 0 spiro atoms. The first kappa shape index (κ1) is 17.0. The molecule has 1 aliphatic heterocycles. The molecule has 1 aromatic carbocycles. The molecule has 0 N–H and O–H groups in total. The maximum Gasteiger partial charge on any atom is 0.236 e. The van der Waals surface area contributed by atoms with Crippen LogP contribution in [0.5, 0.6) is 0 Å². The Bertz CT molecular complexity index is 474. The van der Waals surface area contributed by atoms with Crippen LogP contribution in [0.2, 0.25) is 0 Å². The first-order valence-corrected chi connectivity index (χ1v) is 8.19. The van der Waals surface area contributed by atoms with E-state index in [1.807, 2.05) is 14.1 Å². The smallest absolute Gasteiger partial charge is 0.236 e. The molecule has 4 heteroatoms. The maximum absolute atomic E-state index is 11.7. The van der Waals surface area contributed by atoms with Crippen LogP contribution in [0.15, 0.2) is 24.3 Å². The lowest BCUT2D eigenvalue weighted by molar-refractivity contribution is -0.130. The van der Waals surface area contributed by atoms with Crippen molar-refractivity contribution in [1.82, 2.24) is 14.7 Å². The average molecular weight is 303 g/mol. The van der Waals surface area contributed by atoms with Gasteiger partial charge in [-0.3, -0.25) is 14.6 Å². The number of piperazine rings is 1. The van der Waals surface area contributed by atoms with Gasteiger partial charge in [0.05, 0.1) is 6.54 Å². The molecule has 122 valence electrons. The van der Waals surface area contributed by atoms with Crippen LogP contribution < -0.4 is 0 Å². The molecule has 0 bridgehead atoms. The molecule has 0 aliphatic carbocycles. The number of amides is 1. The largest absolute Gasteiger partial charge is 0.348 e. The van der Waals surface area contributed by atoms with Gasteiger partial charge in [-0.25, -0.2) is 0 Å². The van der Waals surface area contributed by atoms with Crippen LogP contribution in [0.25, 0.3) is 0 Å². The molecular weight excluding hydrogens is 274 g/mol. The third-order valence-corrected chi connectivity index (χ3v) is 4.38. The summed E-state index contributed by atoms with van der Waals surface area (Å²) < 4.78 is 0. The number of rotatable bonds is 5. The van der Waals surface area contributed by atoms with Gasteiger partial charge in [0, 0.05) is 46.8 Å². The SMILES string of the molecule is CC(C)c1ccc(CN2CCN(CC(=O)N(C)C)CC2)cc1. The van der Waals surface area contributed by atoms with Gasteiger partial charge in [0.25, 0.3) is 0 Å². The van der Waals surface area contributed by atoms with Gasteiger partial charge in [-0.05, 0) is 17.0 Å². The first-order chi connectivity index (χ1) is 10.5. The molecule has 2 rings (SSSR count). The van der Waals surface area contributed by atoms with Gasteiger partial charge < -0.3 is 4.90 Å². The highest BCUT2D eigenvalue weighted by Gasteiger charge is 2.19. The number of hydrogen-bond acceptors (Lipinski definition) is 3. The van der Waals surface area contributed by atoms with Crippen molar-refractivity contribution in [2.45, 2.75) is 26.3 Å². The van der Waals surface area contributed by atoms with E-state index in [1.54, 1.807) is 4.90 Å². The van der Waals surface area contributed by atoms with Crippen molar-refractivity contribution in [3.8, 4) is 0 Å². The Morgan fingerprint density at radius 3 is 2.09 bits per heavy atom. The molecule has 22 heavy (non-hydrogen) atoms. The maximum atomic E-state index is 11.7. The fourth-order valence-electron chi connectivity index (χ4n) is 2.70. The lowest BCUT2D eigenvalue weighted by Gasteiger charge is -2.34. The van der Waals surface area contributed by atoms with E-state index in [9.17, 15) is 4.79 Å². The minimum Gasteiger partial charge on any atom is -0.348 e. The van der Waals surface area contributed by atoms with Crippen LogP contribution in [0, 0.1) is 0 Å². The van der Waals surface area contributed by atoms with Crippen molar-refractivity contribution in [2.75, 3.05) is 46.8 Å². The minimum atomic E-state index is 0.192. The fourth-order valence-corrected chi connectivity index (χ4v) is 2.70. The molecule has 1 saturated heterocycles. The summed E-state index contributed by atoms with van der Waals surface area (Å²) >= 11 is 0. The van der Waals surface area contributed by atoms with Gasteiger partial charge in [0.2, 0.25) is 5.91 Å². The number of nitrogens with zero attached hydrogens (tertiary/aromatic N) is 3. The van der Waals surface area contributed by atoms with Crippen LogP contribution in [0.4, 0.5) is 0 Å². The molecule has 1 fully saturated rings. The van der Waals surface area contributed by atoms with Crippen molar-refractivity contribution in [3.63, 3.8) is 0 Å². The average Bonchev–Trinajstić information content (AvgIpc) is 2.49. The second-order valence-electron chi connectivity index (χ2n) is 6.74. The van der Waals surface area contributed by atoms with Crippen molar-refractivity contribution >= 4 is 5.91 Å². The molecule has 0 unspecified atom stereocenters. The quantitative estimate of drug-likeness (QED) is 0.832. The molecule has 1 aromatic rings. The number of benzene rings is 1. The molecule has 0 atom stereocenters. The lowest BCUT2D eigenvalue weighted by atomic mass is 10.0. The number of carbonyl (C=O) groups excluding carboxylic acids is 1. The van der Waals surface area contributed by atoms with Gasteiger partial charge in [0.1, 0.15) is 0 Å². The van der Waals surface area contributed by atoms with E-state index in [4.69, 9.17) is 0 Å². The van der Waals surface area contributed by atoms with Gasteiger partial charge in [-0.2, -0.15) is 0 Å². The van der Waals surface area contributed by atoms with E-state index in [2.05, 4.69) is 47.9 Å². The third kappa shape index (κ3) is 4.82. The summed E-state index contributed by atoms with van der Waals surface area (Å²) in [5, 5.41) is 0. The van der Waals surface area contributed by atoms with Gasteiger partial charge >= 0.3 is 0 Å². The number of carbonyl (C=O) groups is 1. The van der Waals surface area contributed by atoms with Crippen molar-refractivity contribution in [1.29, 1.82) is 0 Å². The Morgan fingerprint density at radius 1 is 1.05 bits per heavy atom. The molecule has 1 heterocycles. The van der Waals surface area contributed by atoms with Crippen molar-refractivity contribution < 1.29 is 4.79 Å². The van der Waals surface area contributed by atoms with Crippen LogP contribution in [-0.2, 0) is 11.3 Å². The zero-order valence-electron chi connectivity index (χ0n) is 14.4. The standard InChI is InChI=1S/C18H29N3O/c1-15(2)17-7-5-16(6-8-17)13-20-9-11-21(12-10-20)14-18(22)19(3)4/h5-8,15H,9-14H2,1-4H3. The molecule has 4 nitrogen and oxygen atoms in total. The zero-order chi connectivity index (χ0) is 16.1. The first-order valence-electron chi connectivity index (χ1n) is 8.19. The van der Waals surface area contributed by atoms with E-state index >= 15 is 0 Å². The number of hydrogen-bond donors (Lipinski definition) is 0. The number of likely N-dealkylation sites (N-methyl/N-ethyl adjacent to an activating group) is 1. The Balaban J connectivity index is 1.78. The zero-order valence-corrected chi connectivity index (χ0v) is 14.4. The Kier molecular flexibility index (Phi) is 5.98. The minimum absolute atomic E-state index is 0.192. The van der Waals surface area contributed by atoms with Crippen LogP contribution >= 0.6 is 0 Å². The van der Waals surface area contributed by atoms with Crippen molar-refractivity contribution in [3.05, 3.63) is 35.4 Å². The van der Waals surface area contributed by atoms with E-state index in [-0.39, 0.29) is 5.91 Å². The molecule has 0 aromatic heterocycles. The van der Waals surface area contributed by atoms with Gasteiger partial charge in [-0.1, -0.05) is 38.1 Å². The monoisotopic (exact) mass is 303 g/mol. The fraction of sp³-hybridized carbons (Fsp3) is 0.611. The van der Waals surface area contributed by atoms with E-state index < -0.39 is 0 Å².